The lowest BCUT2D eigenvalue weighted by molar-refractivity contribution is 0.00578. The third-order valence-electron chi connectivity index (χ3n) is 6.69. The van der Waals surface area contributed by atoms with Crippen molar-refractivity contribution in [1.29, 1.82) is 0 Å². The summed E-state index contributed by atoms with van der Waals surface area (Å²) >= 11 is 0. The van der Waals surface area contributed by atoms with Gasteiger partial charge < -0.3 is 9.31 Å². The molecule has 31 heavy (non-hydrogen) atoms. The van der Waals surface area contributed by atoms with E-state index in [-0.39, 0.29) is 22.0 Å². The Balaban J connectivity index is 2.04. The van der Waals surface area contributed by atoms with E-state index >= 15 is 0 Å². The topological polar surface area (TPSA) is 18.5 Å². The molecule has 0 bridgehead atoms. The molecule has 3 rings (SSSR count). The van der Waals surface area contributed by atoms with E-state index in [9.17, 15) is 0 Å². The molecule has 1 fully saturated rings. The van der Waals surface area contributed by atoms with Crippen molar-refractivity contribution in [1.82, 2.24) is 0 Å². The minimum atomic E-state index is -0.409. The molecule has 2 aromatic carbocycles. The molecule has 1 saturated heterocycles. The molecule has 0 N–H and O–H groups in total. The maximum atomic E-state index is 6.44. The van der Waals surface area contributed by atoms with Crippen LogP contribution in [0.15, 0.2) is 48.5 Å². The molecular formula is C28H39BO2. The monoisotopic (exact) mass is 418 g/mol. The van der Waals surface area contributed by atoms with Gasteiger partial charge in [-0.3, -0.25) is 0 Å². The van der Waals surface area contributed by atoms with Crippen LogP contribution in [-0.4, -0.2) is 18.3 Å². The zero-order valence-electron chi connectivity index (χ0n) is 21.1. The quantitative estimate of drug-likeness (QED) is 0.381. The highest BCUT2D eigenvalue weighted by molar-refractivity contribution is 6.70. The number of benzene rings is 2. The summed E-state index contributed by atoms with van der Waals surface area (Å²) in [5.74, 6) is 0. The molecule has 1 aliphatic rings. The smallest absolute Gasteiger partial charge is 0.399 e. The van der Waals surface area contributed by atoms with Gasteiger partial charge in [0.05, 0.1) is 11.2 Å². The Labute approximate surface area is 190 Å². The van der Waals surface area contributed by atoms with E-state index in [0.717, 1.165) is 16.6 Å². The lowest BCUT2D eigenvalue weighted by atomic mass is 9.72. The fourth-order valence-corrected chi connectivity index (χ4v) is 3.68. The van der Waals surface area contributed by atoms with Crippen LogP contribution in [0.2, 0.25) is 0 Å². The molecule has 0 radical (unpaired) electrons. The predicted molar refractivity (Wildman–Crippen MR) is 134 cm³/mol. The van der Waals surface area contributed by atoms with E-state index in [1.165, 1.54) is 11.1 Å². The molecule has 3 heteroatoms. The summed E-state index contributed by atoms with van der Waals surface area (Å²) in [5.41, 5.74) is 5.49. The van der Waals surface area contributed by atoms with Gasteiger partial charge in [-0.1, -0.05) is 96.1 Å². The van der Waals surface area contributed by atoms with Crippen LogP contribution in [-0.2, 0) is 20.1 Å². The first kappa shape index (κ1) is 23.8. The lowest BCUT2D eigenvalue weighted by Crippen LogP contribution is -2.41. The molecule has 166 valence electrons. The average Bonchev–Trinajstić information content (AvgIpc) is 2.86. The van der Waals surface area contributed by atoms with Crippen LogP contribution in [0.5, 0.6) is 0 Å². The van der Waals surface area contributed by atoms with E-state index in [0.29, 0.717) is 0 Å². The second-order valence-corrected chi connectivity index (χ2v) is 11.9. The van der Waals surface area contributed by atoms with Crippen LogP contribution in [0.25, 0.3) is 11.5 Å². The Morgan fingerprint density at radius 2 is 1.06 bits per heavy atom. The van der Waals surface area contributed by atoms with Crippen molar-refractivity contribution < 1.29 is 9.31 Å². The van der Waals surface area contributed by atoms with Gasteiger partial charge in [-0.2, -0.15) is 0 Å². The highest BCUT2D eigenvalue weighted by Crippen LogP contribution is 2.41. The van der Waals surface area contributed by atoms with Gasteiger partial charge in [0.25, 0.3) is 0 Å². The first-order valence-electron chi connectivity index (χ1n) is 11.4. The Morgan fingerprint density at radius 3 is 1.45 bits per heavy atom. The van der Waals surface area contributed by atoms with Gasteiger partial charge in [0.15, 0.2) is 0 Å². The van der Waals surface area contributed by atoms with Crippen molar-refractivity contribution in [2.24, 2.45) is 0 Å². The van der Waals surface area contributed by atoms with Crippen molar-refractivity contribution in [2.45, 2.75) is 91.3 Å². The summed E-state index contributed by atoms with van der Waals surface area (Å²) in [7, 11) is -0.409. The molecule has 0 atom stereocenters. The summed E-state index contributed by atoms with van der Waals surface area (Å²) in [6, 6.07) is 17.6. The van der Waals surface area contributed by atoms with Gasteiger partial charge in [0, 0.05) is 0 Å². The van der Waals surface area contributed by atoms with Crippen LogP contribution >= 0.6 is 0 Å². The number of hydrogen-bond acceptors (Lipinski definition) is 2. The molecule has 0 saturated carbocycles. The van der Waals surface area contributed by atoms with E-state index in [4.69, 9.17) is 9.31 Å². The van der Waals surface area contributed by atoms with Crippen LogP contribution in [0, 0.1) is 0 Å². The summed E-state index contributed by atoms with van der Waals surface area (Å²) in [5, 5.41) is 0. The summed E-state index contributed by atoms with van der Waals surface area (Å²) < 4.78 is 12.9. The van der Waals surface area contributed by atoms with Gasteiger partial charge >= 0.3 is 7.12 Å². The Hall–Kier alpha value is -1.84. The summed E-state index contributed by atoms with van der Waals surface area (Å²) in [6.07, 6.45) is 2.21. The van der Waals surface area contributed by atoms with Crippen LogP contribution in [0.4, 0.5) is 0 Å². The zero-order valence-corrected chi connectivity index (χ0v) is 21.1. The Kier molecular flexibility index (Phi) is 6.10. The van der Waals surface area contributed by atoms with Gasteiger partial charge in [-0.05, 0) is 66.3 Å². The van der Waals surface area contributed by atoms with Gasteiger partial charge in [-0.15, -0.1) is 0 Å². The maximum Gasteiger partial charge on any atom is 0.495 e. The fraction of sp³-hybridized carbons (Fsp3) is 0.500. The second-order valence-electron chi connectivity index (χ2n) is 11.9. The van der Waals surface area contributed by atoms with Crippen molar-refractivity contribution >= 4 is 18.7 Å². The SMILES string of the molecule is CC(C)(C)c1ccc(/C=C(/B2OC(C)(C)C(C)(C)O2)c2ccc(C(C)(C)C)cc2)cc1. The summed E-state index contributed by atoms with van der Waals surface area (Å²) in [6.45, 7) is 21.9. The largest absolute Gasteiger partial charge is 0.495 e. The normalized spacial score (nSPS) is 19.0. The van der Waals surface area contributed by atoms with Crippen LogP contribution in [0.1, 0.15) is 91.5 Å². The minimum Gasteiger partial charge on any atom is -0.399 e. The summed E-state index contributed by atoms with van der Waals surface area (Å²) in [4.78, 5) is 0. The molecule has 1 heterocycles. The van der Waals surface area contributed by atoms with E-state index < -0.39 is 7.12 Å². The Bertz CT molecular complexity index is 920. The Morgan fingerprint density at radius 1 is 0.677 bits per heavy atom. The molecular weight excluding hydrogens is 379 g/mol. The second kappa shape index (κ2) is 7.94. The third kappa shape index (κ3) is 5.15. The molecule has 0 aromatic heterocycles. The van der Waals surface area contributed by atoms with Crippen molar-refractivity contribution in [3.05, 3.63) is 70.8 Å². The molecule has 2 aromatic rings. The van der Waals surface area contributed by atoms with E-state index in [1.54, 1.807) is 0 Å². The highest BCUT2D eigenvalue weighted by atomic mass is 16.7. The maximum absolute atomic E-state index is 6.44. The van der Waals surface area contributed by atoms with Crippen LogP contribution < -0.4 is 0 Å². The molecule has 0 aliphatic carbocycles. The first-order valence-corrected chi connectivity index (χ1v) is 11.4. The average molecular weight is 418 g/mol. The first-order chi connectivity index (χ1) is 14.1. The zero-order chi connectivity index (χ0) is 23.2. The van der Waals surface area contributed by atoms with E-state index in [1.807, 2.05) is 0 Å². The molecule has 2 nitrogen and oxygen atoms in total. The number of hydrogen-bond donors (Lipinski definition) is 0. The standard InChI is InChI=1S/C28H39BO2/c1-25(2,3)22-15-11-20(12-16-22)19-24(29-30-27(7,8)28(9,10)31-29)21-13-17-23(18-14-21)26(4,5)6/h11-19H,1-10H3/b24-19+. The fourth-order valence-electron chi connectivity index (χ4n) is 3.68. The van der Waals surface area contributed by atoms with Gasteiger partial charge in [-0.25, -0.2) is 0 Å². The molecule has 0 amide bonds. The lowest BCUT2D eigenvalue weighted by Gasteiger charge is -2.32. The number of rotatable bonds is 3. The predicted octanol–water partition coefficient (Wildman–Crippen LogP) is 7.45. The minimum absolute atomic E-state index is 0.121. The highest BCUT2D eigenvalue weighted by Gasteiger charge is 2.52. The molecule has 0 unspecified atom stereocenters. The van der Waals surface area contributed by atoms with E-state index in [2.05, 4.69) is 124 Å². The van der Waals surface area contributed by atoms with Gasteiger partial charge in [0.2, 0.25) is 0 Å². The van der Waals surface area contributed by atoms with Crippen molar-refractivity contribution in [3.8, 4) is 0 Å². The third-order valence-corrected chi connectivity index (χ3v) is 6.69. The van der Waals surface area contributed by atoms with Crippen molar-refractivity contribution in [3.63, 3.8) is 0 Å². The van der Waals surface area contributed by atoms with Crippen molar-refractivity contribution in [2.75, 3.05) is 0 Å². The van der Waals surface area contributed by atoms with Crippen LogP contribution in [0.3, 0.4) is 0 Å². The van der Waals surface area contributed by atoms with Gasteiger partial charge in [0.1, 0.15) is 0 Å². The molecule has 0 spiro atoms. The molecule has 1 aliphatic heterocycles.